The van der Waals surface area contributed by atoms with Crippen LogP contribution in [0.5, 0.6) is 0 Å². The molecule has 0 spiro atoms. The van der Waals surface area contributed by atoms with Crippen LogP contribution in [0, 0.1) is 0 Å². The molecule has 0 radical (unpaired) electrons. The zero-order chi connectivity index (χ0) is 21.8. The third-order valence-corrected chi connectivity index (χ3v) is 16.1. The molecule has 3 aliphatic rings. The minimum atomic E-state index is -1.93. The van der Waals surface area contributed by atoms with Gasteiger partial charge < -0.3 is 0 Å². The Labute approximate surface area is 197 Å². The summed E-state index contributed by atoms with van der Waals surface area (Å²) in [6.07, 6.45) is 14.1. The van der Waals surface area contributed by atoms with Crippen molar-refractivity contribution in [3.8, 4) is 0 Å². The van der Waals surface area contributed by atoms with Gasteiger partial charge in [-0.15, -0.1) is 0 Å². The van der Waals surface area contributed by atoms with E-state index in [4.69, 9.17) is 0 Å². The Balaban J connectivity index is 1.35. The van der Waals surface area contributed by atoms with Gasteiger partial charge >= 0.3 is 0 Å². The van der Waals surface area contributed by atoms with Gasteiger partial charge in [-0.05, 0) is 45.4 Å². The molecule has 32 heavy (non-hydrogen) atoms. The second kappa shape index (κ2) is 10.1. The summed E-state index contributed by atoms with van der Waals surface area (Å²) in [5.41, 5.74) is 0. The van der Waals surface area contributed by atoms with Crippen molar-refractivity contribution in [2.24, 2.45) is 0 Å². The highest BCUT2D eigenvalue weighted by atomic mass is 31.1. The Morgan fingerprint density at radius 1 is 0.500 bits per heavy atom. The van der Waals surface area contributed by atoms with E-state index in [0.717, 1.165) is 0 Å². The lowest BCUT2D eigenvalue weighted by molar-refractivity contribution is 0.562. The molecule has 0 fully saturated rings. The molecule has 6 rings (SSSR count). The quantitative estimate of drug-likeness (QED) is 0.204. The van der Waals surface area contributed by atoms with Gasteiger partial charge in [0.25, 0.3) is 0 Å². The van der Waals surface area contributed by atoms with Crippen LogP contribution in [0.3, 0.4) is 0 Å². The number of unbranched alkanes of at least 4 members (excludes halogenated alkanes) is 9. The molecular weight excluding hydrogens is 419 g/mol. The van der Waals surface area contributed by atoms with Crippen LogP contribution in [0.1, 0.15) is 71.1 Å². The van der Waals surface area contributed by atoms with Crippen molar-refractivity contribution in [3.63, 3.8) is 0 Å². The monoisotopic (exact) mass is 456 g/mol. The van der Waals surface area contributed by atoms with E-state index in [9.17, 15) is 0 Å². The third-order valence-electron chi connectivity index (χ3n) is 7.72. The third kappa shape index (κ3) is 3.82. The normalized spacial score (nSPS) is 20.0. The summed E-state index contributed by atoms with van der Waals surface area (Å²) in [6.45, 7) is 2.30. The molecule has 3 aromatic carbocycles. The van der Waals surface area contributed by atoms with E-state index >= 15 is 0 Å². The van der Waals surface area contributed by atoms with E-state index in [1.54, 1.807) is 31.5 Å². The summed E-state index contributed by atoms with van der Waals surface area (Å²) >= 11 is 0. The molecular formula is C30H37PSi. The highest BCUT2D eigenvalue weighted by Crippen LogP contribution is 2.40. The van der Waals surface area contributed by atoms with Gasteiger partial charge in [0.15, 0.2) is 8.07 Å². The van der Waals surface area contributed by atoms with Crippen LogP contribution in [-0.2, 0) is 0 Å². The Hall–Kier alpha value is -1.69. The Morgan fingerprint density at radius 2 is 0.875 bits per heavy atom. The number of hydrogen-bond donors (Lipinski definition) is 0. The Kier molecular flexibility index (Phi) is 6.96. The molecule has 0 aromatic heterocycles. The number of rotatable bonds is 11. The van der Waals surface area contributed by atoms with Crippen LogP contribution in [0.2, 0.25) is 6.04 Å². The van der Waals surface area contributed by atoms with Crippen molar-refractivity contribution in [2.75, 3.05) is 0 Å². The van der Waals surface area contributed by atoms with Crippen LogP contribution in [-0.4, -0.2) is 8.07 Å². The average molecular weight is 457 g/mol. The number of hydrogen-bond acceptors (Lipinski definition) is 0. The van der Waals surface area contributed by atoms with Gasteiger partial charge in [-0.25, -0.2) is 0 Å². The first-order valence-corrected chi connectivity index (χ1v) is 16.5. The first-order valence-electron chi connectivity index (χ1n) is 13.0. The highest BCUT2D eigenvalue weighted by molar-refractivity contribution is 7.83. The number of benzene rings is 3. The largest absolute Gasteiger partial charge is 0.150 e. The smallest absolute Gasteiger partial charge is 0.0654 e. The molecule has 2 bridgehead atoms. The SMILES string of the molecule is CCCCCCCCCCCC[Si]12c3ccccc3P(c3ccccc31)c1ccccc12. The standard InChI is InChI=1S/C30H37PSi/c1-2-3-4-5-6-7-8-9-10-17-24-32-28-21-14-11-18-25(28)31(26-19-12-15-22-29(26)32)27-20-13-16-23-30(27)32/h11-16,18-23H,2-10,17,24H2,1H3. The molecule has 3 aliphatic heterocycles. The maximum Gasteiger partial charge on any atom is 0.150 e. The first kappa shape index (κ1) is 22.1. The Bertz CT molecular complexity index is 940. The van der Waals surface area contributed by atoms with Gasteiger partial charge in [-0.3, -0.25) is 0 Å². The topological polar surface area (TPSA) is 0 Å². The van der Waals surface area contributed by atoms with Gasteiger partial charge in [0.2, 0.25) is 0 Å². The average Bonchev–Trinajstić information content (AvgIpc) is 2.85. The van der Waals surface area contributed by atoms with E-state index in [0.29, 0.717) is 0 Å². The predicted octanol–water partition coefficient (Wildman–Crippen LogP) is 5.46. The lowest BCUT2D eigenvalue weighted by Gasteiger charge is -2.49. The van der Waals surface area contributed by atoms with E-state index in [1.807, 2.05) is 0 Å². The fourth-order valence-corrected chi connectivity index (χ4v) is 16.5. The maximum absolute atomic E-state index is 2.50. The van der Waals surface area contributed by atoms with Gasteiger partial charge in [-0.1, -0.05) is 144 Å². The molecule has 0 N–H and O–H groups in total. The van der Waals surface area contributed by atoms with Crippen LogP contribution in [0.4, 0.5) is 0 Å². The lowest BCUT2D eigenvalue weighted by Crippen LogP contribution is -2.81. The van der Waals surface area contributed by atoms with E-state index < -0.39 is 8.07 Å². The van der Waals surface area contributed by atoms with Crippen molar-refractivity contribution >= 4 is 47.5 Å². The van der Waals surface area contributed by atoms with Crippen LogP contribution in [0.15, 0.2) is 72.8 Å². The van der Waals surface area contributed by atoms with Gasteiger partial charge in [0.1, 0.15) is 0 Å². The second-order valence-electron chi connectivity index (χ2n) is 9.72. The summed E-state index contributed by atoms with van der Waals surface area (Å²) in [5, 5.41) is 10.2. The molecule has 166 valence electrons. The molecule has 2 heteroatoms. The van der Waals surface area contributed by atoms with Gasteiger partial charge in [0, 0.05) is 0 Å². The highest BCUT2D eigenvalue weighted by Gasteiger charge is 2.52. The summed E-state index contributed by atoms with van der Waals surface area (Å²) in [4.78, 5) is 0. The van der Waals surface area contributed by atoms with Gasteiger partial charge in [-0.2, -0.15) is 0 Å². The molecule has 0 saturated heterocycles. The predicted molar refractivity (Wildman–Crippen MR) is 146 cm³/mol. The zero-order valence-corrected chi connectivity index (χ0v) is 21.5. The Morgan fingerprint density at radius 3 is 1.31 bits per heavy atom. The van der Waals surface area contributed by atoms with Crippen molar-refractivity contribution in [1.29, 1.82) is 0 Å². The fourth-order valence-electron chi connectivity index (χ4n) is 6.19. The van der Waals surface area contributed by atoms with Crippen LogP contribution < -0.4 is 31.5 Å². The molecule has 3 aromatic rings. The van der Waals surface area contributed by atoms with Crippen molar-refractivity contribution in [2.45, 2.75) is 77.2 Å². The van der Waals surface area contributed by atoms with Crippen molar-refractivity contribution < 1.29 is 0 Å². The fraction of sp³-hybridized carbons (Fsp3) is 0.400. The first-order chi connectivity index (χ1) is 15.9. The molecule has 0 atom stereocenters. The summed E-state index contributed by atoms with van der Waals surface area (Å²) in [6, 6.07) is 29.9. The second-order valence-corrected chi connectivity index (χ2v) is 15.8. The van der Waals surface area contributed by atoms with Crippen LogP contribution >= 0.6 is 7.92 Å². The summed E-state index contributed by atoms with van der Waals surface area (Å²) < 4.78 is 0. The van der Waals surface area contributed by atoms with E-state index in [2.05, 4.69) is 79.7 Å². The minimum absolute atomic E-state index is 0.382. The lowest BCUT2D eigenvalue weighted by atomic mass is 10.1. The minimum Gasteiger partial charge on any atom is -0.0654 e. The molecule has 0 amide bonds. The molecule has 0 aliphatic carbocycles. The van der Waals surface area contributed by atoms with Crippen LogP contribution in [0.25, 0.3) is 0 Å². The summed E-state index contributed by atoms with van der Waals surface area (Å²) in [5.74, 6) is 0. The molecule has 0 nitrogen and oxygen atoms in total. The summed E-state index contributed by atoms with van der Waals surface area (Å²) in [7, 11) is -2.31. The van der Waals surface area contributed by atoms with Crippen molar-refractivity contribution in [3.05, 3.63) is 72.8 Å². The molecule has 3 heterocycles. The molecule has 0 saturated carbocycles. The van der Waals surface area contributed by atoms with Gasteiger partial charge in [0.05, 0.1) is 0 Å². The maximum atomic E-state index is 2.50. The molecule has 0 unspecified atom stereocenters. The van der Waals surface area contributed by atoms with Crippen molar-refractivity contribution in [1.82, 2.24) is 0 Å². The van der Waals surface area contributed by atoms with E-state index in [-0.39, 0.29) is 7.92 Å². The van der Waals surface area contributed by atoms with E-state index in [1.165, 1.54) is 70.3 Å². The zero-order valence-electron chi connectivity index (χ0n) is 19.7.